The van der Waals surface area contributed by atoms with Crippen molar-refractivity contribution >= 4 is 5.82 Å². The van der Waals surface area contributed by atoms with Crippen LogP contribution in [0.15, 0.2) is 24.3 Å². The fraction of sp³-hybridized carbons (Fsp3) is 0.333. The minimum atomic E-state index is 0.443. The lowest BCUT2D eigenvalue weighted by molar-refractivity contribution is 0.455. The van der Waals surface area contributed by atoms with Gasteiger partial charge in [0.15, 0.2) is 0 Å². The molecule has 100 valence electrons. The van der Waals surface area contributed by atoms with Crippen molar-refractivity contribution in [2.75, 3.05) is 5.73 Å². The Bertz CT molecular complexity index is 582. The standard InChI is InChI=1S/C15H19N3O/c1-4-6-14-17-13(16)9-15(18-14)19-12-8-5-7-10(2)11(12)3/h5,7-9H,4,6H2,1-3H3,(H2,16,17,18). The third-order valence-electron chi connectivity index (χ3n) is 3.01. The molecule has 0 amide bonds. The highest BCUT2D eigenvalue weighted by atomic mass is 16.5. The summed E-state index contributed by atoms with van der Waals surface area (Å²) >= 11 is 0. The van der Waals surface area contributed by atoms with Crippen LogP contribution < -0.4 is 10.5 Å². The molecule has 1 heterocycles. The highest BCUT2D eigenvalue weighted by Crippen LogP contribution is 2.26. The first-order chi connectivity index (χ1) is 9.10. The highest BCUT2D eigenvalue weighted by Gasteiger charge is 2.07. The maximum atomic E-state index is 5.83. The number of aromatic nitrogens is 2. The minimum Gasteiger partial charge on any atom is -0.439 e. The quantitative estimate of drug-likeness (QED) is 0.911. The second-order valence-electron chi connectivity index (χ2n) is 4.60. The van der Waals surface area contributed by atoms with Gasteiger partial charge in [-0.1, -0.05) is 19.1 Å². The third-order valence-corrected chi connectivity index (χ3v) is 3.01. The van der Waals surface area contributed by atoms with Crippen LogP contribution in [0.2, 0.25) is 0 Å². The van der Waals surface area contributed by atoms with Crippen molar-refractivity contribution in [2.45, 2.75) is 33.6 Å². The van der Waals surface area contributed by atoms with Gasteiger partial charge in [-0.05, 0) is 37.5 Å². The van der Waals surface area contributed by atoms with Crippen LogP contribution in [0.1, 0.15) is 30.3 Å². The van der Waals surface area contributed by atoms with E-state index in [0.717, 1.165) is 30.0 Å². The third kappa shape index (κ3) is 3.22. The Hall–Kier alpha value is -2.10. The summed E-state index contributed by atoms with van der Waals surface area (Å²) in [4.78, 5) is 8.57. The van der Waals surface area contributed by atoms with Crippen LogP contribution in [0.25, 0.3) is 0 Å². The number of anilines is 1. The van der Waals surface area contributed by atoms with Gasteiger partial charge in [0.1, 0.15) is 17.4 Å². The molecule has 1 aromatic heterocycles. The zero-order valence-electron chi connectivity index (χ0n) is 11.6. The van der Waals surface area contributed by atoms with E-state index in [1.165, 1.54) is 5.56 Å². The topological polar surface area (TPSA) is 61.0 Å². The Morgan fingerprint density at radius 1 is 1.21 bits per heavy atom. The number of nitrogen functional groups attached to an aromatic ring is 1. The number of aryl methyl sites for hydroxylation is 2. The predicted octanol–water partition coefficient (Wildman–Crippen LogP) is 3.42. The van der Waals surface area contributed by atoms with Gasteiger partial charge in [0.2, 0.25) is 5.88 Å². The van der Waals surface area contributed by atoms with Crippen LogP contribution in [-0.2, 0) is 6.42 Å². The Morgan fingerprint density at radius 3 is 2.74 bits per heavy atom. The summed E-state index contributed by atoms with van der Waals surface area (Å²) in [6.45, 7) is 6.17. The number of hydrogen-bond acceptors (Lipinski definition) is 4. The number of nitrogens with two attached hydrogens (primary N) is 1. The summed E-state index contributed by atoms with van der Waals surface area (Å²) in [5, 5.41) is 0. The Labute approximate surface area is 113 Å². The number of rotatable bonds is 4. The number of nitrogens with zero attached hydrogens (tertiary/aromatic N) is 2. The maximum absolute atomic E-state index is 5.83. The fourth-order valence-corrected chi connectivity index (χ4v) is 1.83. The summed E-state index contributed by atoms with van der Waals surface area (Å²) in [6, 6.07) is 7.61. The van der Waals surface area contributed by atoms with Crippen molar-refractivity contribution in [3.05, 3.63) is 41.2 Å². The van der Waals surface area contributed by atoms with Crippen molar-refractivity contribution in [1.82, 2.24) is 9.97 Å². The lowest BCUT2D eigenvalue weighted by Gasteiger charge is -2.10. The van der Waals surface area contributed by atoms with E-state index < -0.39 is 0 Å². The molecule has 0 aliphatic rings. The molecule has 4 heteroatoms. The zero-order chi connectivity index (χ0) is 13.8. The van der Waals surface area contributed by atoms with Crippen LogP contribution in [0.4, 0.5) is 5.82 Å². The zero-order valence-corrected chi connectivity index (χ0v) is 11.6. The number of ether oxygens (including phenoxy) is 1. The van der Waals surface area contributed by atoms with Gasteiger partial charge in [0.25, 0.3) is 0 Å². The summed E-state index contributed by atoms with van der Waals surface area (Å²) in [6.07, 6.45) is 1.78. The molecule has 0 unspecified atom stereocenters. The van der Waals surface area contributed by atoms with Crippen molar-refractivity contribution in [2.24, 2.45) is 0 Å². The van der Waals surface area contributed by atoms with Crippen LogP contribution in [0.3, 0.4) is 0 Å². The molecule has 0 aliphatic carbocycles. The second-order valence-corrected chi connectivity index (χ2v) is 4.60. The van der Waals surface area contributed by atoms with Gasteiger partial charge >= 0.3 is 0 Å². The summed E-state index contributed by atoms with van der Waals surface area (Å²) in [5.41, 5.74) is 8.08. The molecule has 0 aliphatic heterocycles. The molecule has 0 spiro atoms. The van der Waals surface area contributed by atoms with Crippen LogP contribution >= 0.6 is 0 Å². The summed E-state index contributed by atoms with van der Waals surface area (Å²) in [7, 11) is 0. The van der Waals surface area contributed by atoms with Gasteiger partial charge in [0.05, 0.1) is 0 Å². The number of hydrogen-bond donors (Lipinski definition) is 1. The van der Waals surface area contributed by atoms with Crippen LogP contribution in [0.5, 0.6) is 11.6 Å². The Kier molecular flexibility index (Phi) is 4.00. The van der Waals surface area contributed by atoms with E-state index in [9.17, 15) is 0 Å². The van der Waals surface area contributed by atoms with Crippen molar-refractivity contribution < 1.29 is 4.74 Å². The van der Waals surface area contributed by atoms with Crippen LogP contribution in [0, 0.1) is 13.8 Å². The van der Waals surface area contributed by atoms with Crippen molar-refractivity contribution in [3.63, 3.8) is 0 Å². The maximum Gasteiger partial charge on any atom is 0.224 e. The molecule has 0 atom stereocenters. The molecule has 0 saturated carbocycles. The smallest absolute Gasteiger partial charge is 0.224 e. The first kappa shape index (κ1) is 13.3. The second kappa shape index (κ2) is 5.69. The summed E-state index contributed by atoms with van der Waals surface area (Å²) < 4.78 is 5.83. The predicted molar refractivity (Wildman–Crippen MR) is 76.4 cm³/mol. The molecule has 2 aromatic rings. The van der Waals surface area contributed by atoms with Crippen molar-refractivity contribution in [1.29, 1.82) is 0 Å². The molecule has 1 aromatic carbocycles. The van der Waals surface area contributed by atoms with E-state index in [2.05, 4.69) is 29.9 Å². The van der Waals surface area contributed by atoms with E-state index in [4.69, 9.17) is 10.5 Å². The summed E-state index contributed by atoms with van der Waals surface area (Å²) in [5.74, 6) is 2.48. The van der Waals surface area contributed by atoms with Gasteiger partial charge in [-0.2, -0.15) is 4.98 Å². The highest BCUT2D eigenvalue weighted by molar-refractivity contribution is 5.42. The fourth-order valence-electron chi connectivity index (χ4n) is 1.83. The van der Waals surface area contributed by atoms with Gasteiger partial charge in [0, 0.05) is 12.5 Å². The largest absolute Gasteiger partial charge is 0.439 e. The molecule has 2 rings (SSSR count). The average Bonchev–Trinajstić information content (AvgIpc) is 2.35. The monoisotopic (exact) mass is 257 g/mol. The molecular formula is C15H19N3O. The Morgan fingerprint density at radius 2 is 2.00 bits per heavy atom. The molecule has 0 bridgehead atoms. The van der Waals surface area contributed by atoms with E-state index in [1.807, 2.05) is 19.1 Å². The van der Waals surface area contributed by atoms with Gasteiger partial charge in [-0.25, -0.2) is 4.98 Å². The first-order valence-electron chi connectivity index (χ1n) is 6.47. The Balaban J connectivity index is 2.30. The van der Waals surface area contributed by atoms with Crippen molar-refractivity contribution in [3.8, 4) is 11.6 Å². The molecule has 0 fully saturated rings. The van der Waals surface area contributed by atoms with E-state index in [1.54, 1.807) is 6.07 Å². The molecule has 4 nitrogen and oxygen atoms in total. The number of benzene rings is 1. The average molecular weight is 257 g/mol. The molecular weight excluding hydrogens is 238 g/mol. The normalized spacial score (nSPS) is 10.5. The van der Waals surface area contributed by atoms with Crippen LogP contribution in [-0.4, -0.2) is 9.97 Å². The first-order valence-corrected chi connectivity index (χ1v) is 6.47. The van der Waals surface area contributed by atoms with Gasteiger partial charge < -0.3 is 10.5 Å². The molecule has 19 heavy (non-hydrogen) atoms. The molecule has 2 N–H and O–H groups in total. The van der Waals surface area contributed by atoms with E-state index in [0.29, 0.717) is 11.7 Å². The minimum absolute atomic E-state index is 0.443. The van der Waals surface area contributed by atoms with Gasteiger partial charge in [-0.15, -0.1) is 0 Å². The SMILES string of the molecule is CCCc1nc(N)cc(Oc2cccc(C)c2C)n1. The van der Waals surface area contributed by atoms with E-state index in [-0.39, 0.29) is 0 Å². The lowest BCUT2D eigenvalue weighted by Crippen LogP contribution is -2.02. The van der Waals surface area contributed by atoms with E-state index >= 15 is 0 Å². The lowest BCUT2D eigenvalue weighted by atomic mass is 10.1. The molecule has 0 saturated heterocycles. The molecule has 0 radical (unpaired) electrons. The van der Waals surface area contributed by atoms with Gasteiger partial charge in [-0.3, -0.25) is 0 Å².